The number of aromatic nitrogens is 2. The number of carbonyl (C=O) groups excluding carboxylic acids is 1. The lowest BCUT2D eigenvalue weighted by Crippen LogP contribution is -2.34. The standard InChI is InChI=1S/C12H13BrN4OS2/c1-14-10(18)17(2)11-15-16-12(20-11)19-7-8-4-3-5-9(13)6-8/h3-6H,7H2,1-2H3,(H,14,18). The summed E-state index contributed by atoms with van der Waals surface area (Å²) < 4.78 is 1.91. The highest BCUT2D eigenvalue weighted by atomic mass is 79.9. The van der Waals surface area contributed by atoms with Gasteiger partial charge in [-0.3, -0.25) is 4.90 Å². The van der Waals surface area contributed by atoms with Crippen LogP contribution in [-0.2, 0) is 5.75 Å². The second-order valence-electron chi connectivity index (χ2n) is 3.88. The largest absolute Gasteiger partial charge is 0.341 e. The monoisotopic (exact) mass is 372 g/mol. The van der Waals surface area contributed by atoms with E-state index in [1.165, 1.54) is 21.8 Å². The van der Waals surface area contributed by atoms with Gasteiger partial charge in [0.15, 0.2) is 4.34 Å². The van der Waals surface area contributed by atoms with Crippen molar-refractivity contribution in [2.24, 2.45) is 0 Å². The zero-order valence-electron chi connectivity index (χ0n) is 11.0. The average Bonchev–Trinajstić information content (AvgIpc) is 2.92. The van der Waals surface area contributed by atoms with E-state index in [-0.39, 0.29) is 6.03 Å². The Balaban J connectivity index is 1.98. The molecule has 0 fully saturated rings. The van der Waals surface area contributed by atoms with Crippen molar-refractivity contribution in [3.05, 3.63) is 34.3 Å². The minimum absolute atomic E-state index is 0.204. The van der Waals surface area contributed by atoms with E-state index in [9.17, 15) is 4.79 Å². The Labute approximate surface area is 133 Å². The number of amides is 2. The highest BCUT2D eigenvalue weighted by molar-refractivity contribution is 9.10. The molecule has 5 nitrogen and oxygen atoms in total. The topological polar surface area (TPSA) is 58.1 Å². The van der Waals surface area contributed by atoms with Gasteiger partial charge in [-0.25, -0.2) is 4.79 Å². The minimum atomic E-state index is -0.204. The quantitative estimate of drug-likeness (QED) is 0.660. The van der Waals surface area contributed by atoms with Gasteiger partial charge in [-0.2, -0.15) is 0 Å². The number of halogens is 1. The summed E-state index contributed by atoms with van der Waals surface area (Å²) >= 11 is 6.46. The Hall–Kier alpha value is -1.12. The van der Waals surface area contributed by atoms with Crippen molar-refractivity contribution < 1.29 is 4.79 Å². The van der Waals surface area contributed by atoms with Gasteiger partial charge >= 0.3 is 6.03 Å². The molecule has 0 saturated heterocycles. The fraction of sp³-hybridized carbons (Fsp3) is 0.250. The van der Waals surface area contributed by atoms with E-state index in [0.29, 0.717) is 5.13 Å². The first-order chi connectivity index (χ1) is 9.60. The molecule has 0 aliphatic heterocycles. The number of hydrogen-bond donors (Lipinski definition) is 1. The highest BCUT2D eigenvalue weighted by Crippen LogP contribution is 2.30. The molecule has 1 aromatic heterocycles. The number of hydrogen-bond acceptors (Lipinski definition) is 5. The SMILES string of the molecule is CNC(=O)N(C)c1nnc(SCc2cccc(Br)c2)s1. The van der Waals surface area contributed by atoms with Crippen molar-refractivity contribution in [3.8, 4) is 0 Å². The van der Waals surface area contributed by atoms with Gasteiger partial charge in [0.05, 0.1) is 0 Å². The molecule has 2 amide bonds. The maximum atomic E-state index is 11.5. The maximum absolute atomic E-state index is 11.5. The number of anilines is 1. The zero-order valence-corrected chi connectivity index (χ0v) is 14.2. The van der Waals surface area contributed by atoms with Crippen LogP contribution < -0.4 is 10.2 Å². The van der Waals surface area contributed by atoms with Gasteiger partial charge < -0.3 is 5.32 Å². The van der Waals surface area contributed by atoms with Crippen LogP contribution >= 0.6 is 39.0 Å². The van der Waals surface area contributed by atoms with Crippen LogP contribution in [0.5, 0.6) is 0 Å². The lowest BCUT2D eigenvalue weighted by atomic mass is 10.2. The summed E-state index contributed by atoms with van der Waals surface area (Å²) in [6.45, 7) is 0. The summed E-state index contributed by atoms with van der Waals surface area (Å²) in [7, 11) is 3.25. The third-order valence-electron chi connectivity index (χ3n) is 2.45. The first-order valence-electron chi connectivity index (χ1n) is 5.76. The number of nitrogens with zero attached hydrogens (tertiary/aromatic N) is 3. The van der Waals surface area contributed by atoms with Crippen molar-refractivity contribution >= 4 is 50.2 Å². The molecular formula is C12H13BrN4OS2. The molecule has 20 heavy (non-hydrogen) atoms. The smallest absolute Gasteiger partial charge is 0.323 e. The van der Waals surface area contributed by atoms with E-state index in [0.717, 1.165) is 14.6 Å². The summed E-state index contributed by atoms with van der Waals surface area (Å²) in [5.41, 5.74) is 1.21. The van der Waals surface area contributed by atoms with E-state index >= 15 is 0 Å². The minimum Gasteiger partial charge on any atom is -0.341 e. The second-order valence-corrected chi connectivity index (χ2v) is 6.98. The first kappa shape index (κ1) is 15.3. The number of benzene rings is 1. The van der Waals surface area contributed by atoms with Gasteiger partial charge in [0, 0.05) is 24.3 Å². The van der Waals surface area contributed by atoms with E-state index in [4.69, 9.17) is 0 Å². The van der Waals surface area contributed by atoms with Crippen LogP contribution in [0.15, 0.2) is 33.1 Å². The molecule has 2 rings (SSSR count). The third kappa shape index (κ3) is 3.94. The zero-order chi connectivity index (χ0) is 14.5. The summed E-state index contributed by atoms with van der Waals surface area (Å²) in [6.07, 6.45) is 0. The van der Waals surface area contributed by atoms with Crippen LogP contribution in [0, 0.1) is 0 Å². The predicted octanol–water partition coefficient (Wildman–Crippen LogP) is 3.37. The third-order valence-corrected chi connectivity index (χ3v) is 5.15. The molecule has 0 saturated carbocycles. The molecule has 0 unspecified atom stereocenters. The van der Waals surface area contributed by atoms with Crippen molar-refractivity contribution in [1.29, 1.82) is 0 Å². The fourth-order valence-corrected chi connectivity index (χ4v) is 3.61. The molecule has 2 aromatic rings. The van der Waals surface area contributed by atoms with Crippen LogP contribution in [0.3, 0.4) is 0 Å². The Morgan fingerprint density at radius 2 is 2.30 bits per heavy atom. The van der Waals surface area contributed by atoms with Gasteiger partial charge in [-0.15, -0.1) is 10.2 Å². The number of rotatable bonds is 4. The van der Waals surface area contributed by atoms with Crippen LogP contribution in [0.2, 0.25) is 0 Å². The predicted molar refractivity (Wildman–Crippen MR) is 86.5 cm³/mol. The summed E-state index contributed by atoms with van der Waals surface area (Å²) in [5.74, 6) is 0.817. The van der Waals surface area contributed by atoms with Crippen molar-refractivity contribution in [1.82, 2.24) is 15.5 Å². The molecule has 0 aliphatic carbocycles. The van der Waals surface area contributed by atoms with Crippen LogP contribution in [0.1, 0.15) is 5.56 Å². The molecule has 106 valence electrons. The summed E-state index contributed by atoms with van der Waals surface area (Å²) in [4.78, 5) is 12.9. The molecule has 8 heteroatoms. The van der Waals surface area contributed by atoms with Crippen LogP contribution in [-0.4, -0.2) is 30.3 Å². The van der Waals surface area contributed by atoms with Crippen molar-refractivity contribution in [2.45, 2.75) is 10.1 Å². The number of urea groups is 1. The molecule has 0 radical (unpaired) electrons. The van der Waals surface area contributed by atoms with Gasteiger partial charge in [-0.1, -0.05) is 51.2 Å². The maximum Gasteiger partial charge on any atom is 0.323 e. The first-order valence-corrected chi connectivity index (χ1v) is 8.36. The summed E-state index contributed by atoms with van der Waals surface area (Å²) in [5, 5.41) is 11.2. The van der Waals surface area contributed by atoms with Crippen LogP contribution in [0.25, 0.3) is 0 Å². The second kappa shape index (κ2) is 7.05. The molecule has 0 bridgehead atoms. The Kier molecular flexibility index (Phi) is 5.38. The van der Waals surface area contributed by atoms with Crippen molar-refractivity contribution in [2.75, 3.05) is 19.0 Å². The lowest BCUT2D eigenvalue weighted by Gasteiger charge is -2.10. The number of nitrogens with one attached hydrogen (secondary N) is 1. The Bertz CT molecular complexity index is 605. The van der Waals surface area contributed by atoms with Gasteiger partial charge in [-0.05, 0) is 17.7 Å². The molecule has 0 spiro atoms. The molecule has 1 heterocycles. The summed E-state index contributed by atoms with van der Waals surface area (Å²) in [6, 6.07) is 7.94. The van der Waals surface area contributed by atoms with E-state index in [1.807, 2.05) is 12.1 Å². The molecular weight excluding hydrogens is 360 g/mol. The van der Waals surface area contributed by atoms with E-state index in [2.05, 4.69) is 43.6 Å². The molecule has 0 aliphatic rings. The fourth-order valence-electron chi connectivity index (χ4n) is 1.42. The molecule has 1 aromatic carbocycles. The van der Waals surface area contributed by atoms with E-state index in [1.54, 1.807) is 25.9 Å². The van der Waals surface area contributed by atoms with Crippen LogP contribution in [0.4, 0.5) is 9.93 Å². The van der Waals surface area contributed by atoms with Gasteiger partial charge in [0.25, 0.3) is 0 Å². The normalized spacial score (nSPS) is 10.3. The average molecular weight is 373 g/mol. The van der Waals surface area contributed by atoms with Gasteiger partial charge in [0.1, 0.15) is 0 Å². The molecule has 0 atom stereocenters. The number of carbonyl (C=O) groups is 1. The van der Waals surface area contributed by atoms with E-state index < -0.39 is 0 Å². The Morgan fingerprint density at radius 3 is 3.00 bits per heavy atom. The Morgan fingerprint density at radius 1 is 1.50 bits per heavy atom. The number of thioether (sulfide) groups is 1. The molecule has 1 N–H and O–H groups in total. The lowest BCUT2D eigenvalue weighted by molar-refractivity contribution is 0.249. The van der Waals surface area contributed by atoms with Gasteiger partial charge in [0.2, 0.25) is 5.13 Å². The highest BCUT2D eigenvalue weighted by Gasteiger charge is 2.14. The van der Waals surface area contributed by atoms with Crippen molar-refractivity contribution in [3.63, 3.8) is 0 Å².